The fourth-order valence-corrected chi connectivity index (χ4v) is 3.34. The predicted molar refractivity (Wildman–Crippen MR) is 122 cm³/mol. The highest BCUT2D eigenvalue weighted by atomic mass is 16.5. The Kier molecular flexibility index (Phi) is 6.94. The summed E-state index contributed by atoms with van der Waals surface area (Å²) in [4.78, 5) is 23.2. The fraction of sp³-hybridized carbons (Fsp3) is 0.304. The molecule has 1 fully saturated rings. The van der Waals surface area contributed by atoms with Crippen LogP contribution in [0.2, 0.25) is 0 Å². The largest absolute Gasteiger partial charge is 0.360 e. The number of nitrogens with one attached hydrogen (secondary N) is 3. The molecule has 9 nitrogen and oxygen atoms in total. The van der Waals surface area contributed by atoms with Crippen LogP contribution in [-0.2, 0) is 0 Å². The predicted octanol–water partition coefficient (Wildman–Crippen LogP) is 3.32. The van der Waals surface area contributed by atoms with E-state index in [0.717, 1.165) is 18.7 Å². The van der Waals surface area contributed by atoms with E-state index in [4.69, 9.17) is 4.52 Å². The molecule has 1 aliphatic heterocycles. The van der Waals surface area contributed by atoms with E-state index < -0.39 is 6.03 Å². The molecule has 1 saturated heterocycles. The van der Waals surface area contributed by atoms with E-state index in [-0.39, 0.29) is 0 Å². The fourth-order valence-electron chi connectivity index (χ4n) is 3.34. The lowest BCUT2D eigenvalue weighted by Crippen LogP contribution is -2.26. The summed E-state index contributed by atoms with van der Waals surface area (Å²) in [6.07, 6.45) is 5.98. The van der Waals surface area contributed by atoms with Gasteiger partial charge < -0.3 is 20.1 Å². The van der Waals surface area contributed by atoms with Crippen molar-refractivity contribution in [3.05, 3.63) is 59.6 Å². The van der Waals surface area contributed by atoms with Crippen molar-refractivity contribution in [3.63, 3.8) is 0 Å². The number of anilines is 3. The van der Waals surface area contributed by atoms with Gasteiger partial charge in [0.25, 0.3) is 0 Å². The highest BCUT2D eigenvalue weighted by molar-refractivity contribution is 5.99. The zero-order valence-corrected chi connectivity index (χ0v) is 17.9. The molecule has 1 aromatic carbocycles. The van der Waals surface area contributed by atoms with Gasteiger partial charge in [-0.05, 0) is 51.1 Å². The van der Waals surface area contributed by atoms with Gasteiger partial charge in [0.05, 0.1) is 5.56 Å². The Bertz CT molecular complexity index is 1110. The number of carbonyl (C=O) groups is 1. The molecule has 3 aromatic rings. The van der Waals surface area contributed by atoms with E-state index in [1.165, 1.54) is 25.9 Å². The minimum Gasteiger partial charge on any atom is -0.360 e. The first-order valence-corrected chi connectivity index (χ1v) is 10.6. The topological polar surface area (TPSA) is 108 Å². The molecule has 0 saturated carbocycles. The number of hydrogen-bond acceptors (Lipinski definition) is 7. The van der Waals surface area contributed by atoms with Gasteiger partial charge in [0.15, 0.2) is 5.82 Å². The molecule has 1 aliphatic rings. The Morgan fingerprint density at radius 3 is 2.62 bits per heavy atom. The molecule has 0 radical (unpaired) electrons. The molecule has 3 heterocycles. The van der Waals surface area contributed by atoms with E-state index in [1.54, 1.807) is 37.5 Å². The van der Waals surface area contributed by atoms with Crippen LogP contribution in [-0.4, -0.2) is 52.2 Å². The van der Waals surface area contributed by atoms with Gasteiger partial charge in [-0.15, -0.1) is 0 Å². The molecular formula is C23H25N7O2. The Morgan fingerprint density at radius 1 is 1.09 bits per heavy atom. The second kappa shape index (κ2) is 10.4. The van der Waals surface area contributed by atoms with E-state index >= 15 is 0 Å². The maximum atomic E-state index is 12.1. The van der Waals surface area contributed by atoms with Gasteiger partial charge in [-0.3, -0.25) is 5.32 Å². The normalized spacial score (nSPS) is 13.3. The van der Waals surface area contributed by atoms with Crippen LogP contribution in [0.4, 0.5) is 22.2 Å². The van der Waals surface area contributed by atoms with Gasteiger partial charge in [-0.1, -0.05) is 23.1 Å². The second-order valence-corrected chi connectivity index (χ2v) is 7.50. The molecule has 0 atom stereocenters. The van der Waals surface area contributed by atoms with Crippen LogP contribution in [0.15, 0.2) is 47.2 Å². The standard InChI is InChI=1S/C23H25N7O2/c1-17-13-21(29-32-17)28-23(31)27-20-6-4-5-18(14-20)7-8-19-15-25-22(26-16-19)24-9-12-30-10-2-3-11-30/h4-6,13-16H,2-3,9-12H2,1H3,(H,24,25,26)(H2,27,28,29,31). The van der Waals surface area contributed by atoms with Gasteiger partial charge in [0.1, 0.15) is 5.76 Å². The molecule has 164 valence electrons. The molecule has 9 heteroatoms. The number of hydrogen-bond donors (Lipinski definition) is 3. The Morgan fingerprint density at radius 2 is 1.88 bits per heavy atom. The number of aromatic nitrogens is 3. The van der Waals surface area contributed by atoms with Crippen LogP contribution in [0.5, 0.6) is 0 Å². The minimum absolute atomic E-state index is 0.352. The highest BCUT2D eigenvalue weighted by Gasteiger charge is 2.10. The zero-order valence-electron chi connectivity index (χ0n) is 17.9. The monoisotopic (exact) mass is 431 g/mol. The lowest BCUT2D eigenvalue weighted by Gasteiger charge is -2.14. The van der Waals surface area contributed by atoms with Crippen LogP contribution in [0.1, 0.15) is 29.7 Å². The molecule has 0 spiro atoms. The Labute approximate surface area is 186 Å². The lowest BCUT2D eigenvalue weighted by atomic mass is 10.2. The van der Waals surface area contributed by atoms with Crippen molar-refractivity contribution in [3.8, 4) is 11.8 Å². The van der Waals surface area contributed by atoms with E-state index in [9.17, 15) is 4.79 Å². The average Bonchev–Trinajstić information content (AvgIpc) is 3.45. The first kappa shape index (κ1) is 21.3. The van der Waals surface area contributed by atoms with Crippen LogP contribution in [0.25, 0.3) is 0 Å². The summed E-state index contributed by atoms with van der Waals surface area (Å²) in [6.45, 7) is 5.95. The molecular weight excluding hydrogens is 406 g/mol. The van der Waals surface area contributed by atoms with Gasteiger partial charge in [0, 0.05) is 42.8 Å². The van der Waals surface area contributed by atoms with Crippen molar-refractivity contribution in [1.29, 1.82) is 0 Å². The molecule has 0 aliphatic carbocycles. The number of carbonyl (C=O) groups excluding carboxylic acids is 1. The summed E-state index contributed by atoms with van der Waals surface area (Å²) in [5.74, 6) is 7.70. The first-order chi connectivity index (χ1) is 15.6. The molecule has 3 N–H and O–H groups in total. The van der Waals surface area contributed by atoms with Crippen LogP contribution < -0.4 is 16.0 Å². The maximum absolute atomic E-state index is 12.1. The third-order valence-electron chi connectivity index (χ3n) is 4.90. The Hall–Kier alpha value is -3.90. The van der Waals surface area contributed by atoms with E-state index in [0.29, 0.717) is 28.8 Å². The number of aryl methyl sites for hydroxylation is 1. The average molecular weight is 432 g/mol. The van der Waals surface area contributed by atoms with Gasteiger partial charge in [0.2, 0.25) is 5.95 Å². The lowest BCUT2D eigenvalue weighted by molar-refractivity contribution is 0.262. The summed E-state index contributed by atoms with van der Waals surface area (Å²) >= 11 is 0. The zero-order chi connectivity index (χ0) is 22.2. The van der Waals surface area contributed by atoms with E-state index in [2.05, 4.69) is 47.8 Å². The van der Waals surface area contributed by atoms with Crippen molar-refractivity contribution < 1.29 is 9.32 Å². The molecule has 2 amide bonds. The number of benzene rings is 1. The van der Waals surface area contributed by atoms with E-state index in [1.807, 2.05) is 12.1 Å². The van der Waals surface area contributed by atoms with Crippen molar-refractivity contribution in [2.45, 2.75) is 19.8 Å². The maximum Gasteiger partial charge on any atom is 0.324 e. The van der Waals surface area contributed by atoms with Crippen molar-refractivity contribution >= 4 is 23.5 Å². The third kappa shape index (κ3) is 6.30. The number of nitrogens with zero attached hydrogens (tertiary/aromatic N) is 4. The summed E-state index contributed by atoms with van der Waals surface area (Å²) in [6, 6.07) is 8.48. The van der Waals surface area contributed by atoms with Crippen molar-refractivity contribution in [2.24, 2.45) is 0 Å². The van der Waals surface area contributed by atoms with Gasteiger partial charge in [-0.2, -0.15) is 0 Å². The molecule has 2 aromatic heterocycles. The van der Waals surface area contributed by atoms with Gasteiger partial charge in [-0.25, -0.2) is 14.8 Å². The SMILES string of the molecule is Cc1cc(NC(=O)Nc2cccc(C#Cc3cnc(NCCN4CCCC4)nc3)c2)no1. The minimum atomic E-state index is -0.412. The van der Waals surface area contributed by atoms with Crippen LogP contribution in [0, 0.1) is 18.8 Å². The third-order valence-corrected chi connectivity index (χ3v) is 4.90. The summed E-state index contributed by atoms with van der Waals surface area (Å²) < 4.78 is 4.93. The van der Waals surface area contributed by atoms with Crippen molar-refractivity contribution in [1.82, 2.24) is 20.0 Å². The Balaban J connectivity index is 1.29. The van der Waals surface area contributed by atoms with Gasteiger partial charge >= 0.3 is 6.03 Å². The summed E-state index contributed by atoms with van der Waals surface area (Å²) in [5, 5.41) is 12.3. The smallest absolute Gasteiger partial charge is 0.324 e. The summed E-state index contributed by atoms with van der Waals surface area (Å²) in [5.41, 5.74) is 2.09. The molecule has 32 heavy (non-hydrogen) atoms. The number of rotatable bonds is 6. The highest BCUT2D eigenvalue weighted by Crippen LogP contribution is 2.12. The number of urea groups is 1. The summed E-state index contributed by atoms with van der Waals surface area (Å²) in [7, 11) is 0. The van der Waals surface area contributed by atoms with Crippen LogP contribution in [0.3, 0.4) is 0 Å². The molecule has 0 bridgehead atoms. The molecule has 0 unspecified atom stereocenters. The quantitative estimate of drug-likeness (QED) is 0.514. The van der Waals surface area contributed by atoms with Crippen LogP contribution >= 0.6 is 0 Å². The number of amides is 2. The van der Waals surface area contributed by atoms with Crippen molar-refractivity contribution in [2.75, 3.05) is 42.1 Å². The number of likely N-dealkylation sites (tertiary alicyclic amines) is 1. The first-order valence-electron chi connectivity index (χ1n) is 10.6. The molecule has 4 rings (SSSR count). The second-order valence-electron chi connectivity index (χ2n) is 7.50.